The fraction of sp³-hybridized carbons (Fsp3) is 0.556. The first-order valence-electron chi connectivity index (χ1n) is 17.9. The highest BCUT2D eigenvalue weighted by atomic mass is 16.7. The van der Waals surface area contributed by atoms with Crippen LogP contribution < -0.4 is 0 Å². The van der Waals surface area contributed by atoms with E-state index < -0.39 is 78.0 Å². The Bertz CT molecular complexity index is 1520. The highest BCUT2D eigenvalue weighted by molar-refractivity contribution is 6.14. The van der Waals surface area contributed by atoms with E-state index in [9.17, 15) is 38.4 Å². The summed E-state index contributed by atoms with van der Waals surface area (Å²) in [6, 6.07) is 0. The van der Waals surface area contributed by atoms with Crippen LogP contribution in [0.2, 0.25) is 0 Å². The van der Waals surface area contributed by atoms with Crippen LogP contribution in [0.3, 0.4) is 0 Å². The van der Waals surface area contributed by atoms with E-state index in [4.69, 9.17) is 28.4 Å². The zero-order valence-corrected chi connectivity index (χ0v) is 29.9. The van der Waals surface area contributed by atoms with Gasteiger partial charge in [0.05, 0.1) is 6.61 Å². The number of hydrogen-bond donors (Lipinski definition) is 0. The molecule has 1 fully saturated rings. The molecule has 18 heteroatoms. The highest BCUT2D eigenvalue weighted by Gasteiger charge is 2.49. The second-order valence-corrected chi connectivity index (χ2v) is 12.6. The molecule has 1 saturated heterocycles. The maximum Gasteiger partial charge on any atom is 0.253 e. The van der Waals surface area contributed by atoms with Crippen LogP contribution in [0.15, 0.2) is 48.6 Å². The molecule has 0 bridgehead atoms. The lowest BCUT2D eigenvalue weighted by Gasteiger charge is -2.46. The van der Waals surface area contributed by atoms with Crippen molar-refractivity contribution in [1.82, 2.24) is 19.6 Å². The second-order valence-electron chi connectivity index (χ2n) is 12.6. The predicted molar refractivity (Wildman–Crippen MR) is 182 cm³/mol. The Morgan fingerprint density at radius 2 is 0.796 bits per heavy atom. The molecule has 0 aliphatic carbocycles. The number of ether oxygens (including phenoxy) is 6. The molecule has 0 radical (unpaired) electrons. The van der Waals surface area contributed by atoms with Gasteiger partial charge in [0.1, 0.15) is 24.4 Å². The van der Waals surface area contributed by atoms with E-state index in [1.54, 1.807) is 6.92 Å². The van der Waals surface area contributed by atoms with Crippen LogP contribution in [0.25, 0.3) is 0 Å². The number of amides is 8. The lowest BCUT2D eigenvalue weighted by atomic mass is 9.98. The van der Waals surface area contributed by atoms with Crippen LogP contribution >= 0.6 is 0 Å². The SMILES string of the molecule is CCO[C@H]1OC(COCCCN2C(=O)C=CC2=O)[C@H](OCCCN2C(=O)C=CC2=O)C(OCCCN2C(=O)C=CC2=O)C1OCCCN1C(=O)C=CC1=O. The molecule has 18 nitrogen and oxygen atoms in total. The normalized spacial score (nSPS) is 25.4. The summed E-state index contributed by atoms with van der Waals surface area (Å²) in [4.78, 5) is 101. The molecule has 0 aromatic heterocycles. The van der Waals surface area contributed by atoms with Crippen molar-refractivity contribution in [2.45, 2.75) is 63.3 Å². The number of hydrogen-bond acceptors (Lipinski definition) is 14. The Balaban J connectivity index is 1.27. The maximum absolute atomic E-state index is 12.1. The standard InChI is InChI=1S/C36H44N4O14/c1-2-50-36-35(53-22-6-18-40-31(47)13-14-32(40)48)34(52-21-5-17-39-29(45)11-12-30(39)46)33(51-20-4-16-38-27(43)9-10-28(38)44)24(54-36)23-49-19-3-15-37-25(41)7-8-26(37)42/h7-14,24,33-36H,2-6,15-23H2,1H3/t24?,33-,34?,35?,36-/m0/s1. The zero-order valence-electron chi connectivity index (χ0n) is 29.9. The molecule has 54 heavy (non-hydrogen) atoms. The van der Waals surface area contributed by atoms with Crippen molar-refractivity contribution in [2.24, 2.45) is 0 Å². The largest absolute Gasteiger partial charge is 0.379 e. The topological polar surface area (TPSA) is 205 Å². The van der Waals surface area contributed by atoms with Crippen molar-refractivity contribution in [2.75, 3.05) is 65.8 Å². The van der Waals surface area contributed by atoms with Gasteiger partial charge < -0.3 is 28.4 Å². The zero-order chi connectivity index (χ0) is 38.6. The van der Waals surface area contributed by atoms with Gasteiger partial charge in [-0.3, -0.25) is 58.0 Å². The fourth-order valence-corrected chi connectivity index (χ4v) is 6.33. The third-order valence-corrected chi connectivity index (χ3v) is 8.99. The van der Waals surface area contributed by atoms with E-state index in [0.29, 0.717) is 6.42 Å². The molecule has 3 unspecified atom stereocenters. The highest BCUT2D eigenvalue weighted by Crippen LogP contribution is 2.30. The molecule has 0 N–H and O–H groups in total. The van der Waals surface area contributed by atoms with E-state index in [1.165, 1.54) is 48.6 Å². The molecule has 0 aromatic rings. The van der Waals surface area contributed by atoms with Gasteiger partial charge in [0.15, 0.2) is 6.29 Å². The minimum Gasteiger partial charge on any atom is -0.379 e. The van der Waals surface area contributed by atoms with Crippen molar-refractivity contribution in [3.63, 3.8) is 0 Å². The summed E-state index contributed by atoms with van der Waals surface area (Å²) in [5.41, 5.74) is 0. The molecular formula is C36H44N4O14. The maximum atomic E-state index is 12.1. The van der Waals surface area contributed by atoms with Gasteiger partial charge in [0.2, 0.25) is 0 Å². The predicted octanol–water partition coefficient (Wildman–Crippen LogP) is -0.820. The van der Waals surface area contributed by atoms with Crippen LogP contribution in [-0.4, -0.2) is 163 Å². The van der Waals surface area contributed by atoms with Gasteiger partial charge in [0, 0.05) is 108 Å². The van der Waals surface area contributed by atoms with E-state index in [-0.39, 0.29) is 85.1 Å². The first-order valence-corrected chi connectivity index (χ1v) is 17.9. The molecule has 5 aliphatic rings. The average Bonchev–Trinajstić information content (AvgIpc) is 3.86. The first kappa shape index (κ1) is 40.5. The molecule has 292 valence electrons. The Hall–Kier alpha value is -4.72. The molecular weight excluding hydrogens is 712 g/mol. The Morgan fingerprint density at radius 1 is 0.463 bits per heavy atom. The summed E-state index contributed by atoms with van der Waals surface area (Å²) in [6.45, 7) is 2.79. The first-order chi connectivity index (χ1) is 26.1. The second kappa shape index (κ2) is 19.6. The van der Waals surface area contributed by atoms with Crippen LogP contribution in [0.1, 0.15) is 32.6 Å². The van der Waals surface area contributed by atoms with E-state index >= 15 is 0 Å². The summed E-state index contributed by atoms with van der Waals surface area (Å²) in [7, 11) is 0. The molecule has 5 rings (SSSR count). The van der Waals surface area contributed by atoms with E-state index in [0.717, 1.165) is 19.6 Å². The molecule has 5 aliphatic heterocycles. The summed E-state index contributed by atoms with van der Waals surface area (Å²) in [5.74, 6) is -3.32. The quantitative estimate of drug-likeness (QED) is 0.0924. The number of carbonyl (C=O) groups is 8. The summed E-state index contributed by atoms with van der Waals surface area (Å²) >= 11 is 0. The van der Waals surface area contributed by atoms with Crippen molar-refractivity contribution in [1.29, 1.82) is 0 Å². The molecule has 0 spiro atoms. The van der Waals surface area contributed by atoms with Gasteiger partial charge in [-0.15, -0.1) is 0 Å². The molecule has 0 aromatic carbocycles. The van der Waals surface area contributed by atoms with Crippen molar-refractivity contribution in [3.05, 3.63) is 48.6 Å². The van der Waals surface area contributed by atoms with Gasteiger partial charge >= 0.3 is 0 Å². The van der Waals surface area contributed by atoms with Gasteiger partial charge in [-0.25, -0.2) is 0 Å². The summed E-state index contributed by atoms with van der Waals surface area (Å²) in [6.07, 6.45) is 6.33. The van der Waals surface area contributed by atoms with Crippen LogP contribution in [-0.2, 0) is 66.8 Å². The van der Waals surface area contributed by atoms with Gasteiger partial charge in [-0.2, -0.15) is 0 Å². The van der Waals surface area contributed by atoms with Crippen LogP contribution in [0.5, 0.6) is 0 Å². The average molecular weight is 757 g/mol. The number of nitrogens with zero attached hydrogens (tertiary/aromatic N) is 4. The number of rotatable bonds is 23. The number of imide groups is 4. The summed E-state index contributed by atoms with van der Waals surface area (Å²) in [5, 5.41) is 0. The molecule has 0 saturated carbocycles. The van der Waals surface area contributed by atoms with Crippen molar-refractivity contribution >= 4 is 47.3 Å². The smallest absolute Gasteiger partial charge is 0.253 e. The van der Waals surface area contributed by atoms with Gasteiger partial charge in [-0.05, 0) is 32.6 Å². The third kappa shape index (κ3) is 10.3. The van der Waals surface area contributed by atoms with Crippen molar-refractivity contribution < 1.29 is 66.8 Å². The molecule has 8 amide bonds. The van der Waals surface area contributed by atoms with Crippen LogP contribution in [0, 0.1) is 0 Å². The minimum atomic E-state index is -0.993. The lowest BCUT2D eigenvalue weighted by molar-refractivity contribution is -0.323. The van der Waals surface area contributed by atoms with E-state index in [1.807, 2.05) is 0 Å². The lowest BCUT2D eigenvalue weighted by Crippen LogP contribution is -2.62. The molecule has 5 atom stereocenters. The summed E-state index contributed by atoms with van der Waals surface area (Å²) < 4.78 is 37.4. The van der Waals surface area contributed by atoms with Crippen LogP contribution in [0.4, 0.5) is 0 Å². The third-order valence-electron chi connectivity index (χ3n) is 8.99. The number of carbonyl (C=O) groups excluding carboxylic acids is 8. The fourth-order valence-electron chi connectivity index (χ4n) is 6.33. The van der Waals surface area contributed by atoms with E-state index in [2.05, 4.69) is 0 Å². The Morgan fingerprint density at radius 3 is 1.17 bits per heavy atom. The minimum absolute atomic E-state index is 0.0252. The van der Waals surface area contributed by atoms with Gasteiger partial charge in [-0.1, -0.05) is 0 Å². The molecule has 5 heterocycles. The Labute approximate surface area is 311 Å². The Kier molecular flexibility index (Phi) is 14.7. The van der Waals surface area contributed by atoms with Crippen molar-refractivity contribution in [3.8, 4) is 0 Å². The monoisotopic (exact) mass is 756 g/mol. The van der Waals surface area contributed by atoms with Gasteiger partial charge in [0.25, 0.3) is 47.3 Å².